The molecular weight excluding hydrogens is 320 g/mol. The highest BCUT2D eigenvalue weighted by Crippen LogP contribution is 2.28. The summed E-state index contributed by atoms with van der Waals surface area (Å²) < 4.78 is 4.94. The number of hydrogen-bond donors (Lipinski definition) is 1. The van der Waals surface area contributed by atoms with Gasteiger partial charge in [-0.2, -0.15) is 0 Å². The molecule has 0 aliphatic heterocycles. The van der Waals surface area contributed by atoms with Crippen molar-refractivity contribution in [2.75, 3.05) is 11.9 Å². The third kappa shape index (κ3) is 3.92. The van der Waals surface area contributed by atoms with Crippen molar-refractivity contribution in [2.45, 2.75) is 13.8 Å². The molecule has 0 fully saturated rings. The number of aryl methyl sites for hydroxylation is 1. The first-order valence-corrected chi connectivity index (χ1v) is 7.57. The average Bonchev–Trinajstić information content (AvgIpc) is 2.88. The second-order valence-electron chi connectivity index (χ2n) is 4.60. The van der Waals surface area contributed by atoms with E-state index in [9.17, 15) is 19.7 Å². The van der Waals surface area contributed by atoms with E-state index in [1.807, 2.05) is 0 Å². The largest absolute Gasteiger partial charge is 0.462 e. The molecule has 0 saturated carbocycles. The number of nitrogens with one attached hydrogen (secondary N) is 1. The molecule has 0 saturated heterocycles. The molecule has 2 aromatic rings. The van der Waals surface area contributed by atoms with Gasteiger partial charge in [-0.1, -0.05) is 6.07 Å². The van der Waals surface area contributed by atoms with Crippen molar-refractivity contribution in [1.82, 2.24) is 0 Å². The Bertz CT molecular complexity index is 769. The quantitative estimate of drug-likeness (QED) is 0.513. The van der Waals surface area contributed by atoms with Gasteiger partial charge in [0.25, 0.3) is 11.6 Å². The van der Waals surface area contributed by atoms with Crippen molar-refractivity contribution >= 4 is 33.9 Å². The fraction of sp³-hybridized carbons (Fsp3) is 0.200. The molecule has 120 valence electrons. The number of ether oxygens (including phenoxy) is 1. The molecule has 1 N–H and O–H groups in total. The van der Waals surface area contributed by atoms with Crippen LogP contribution in [-0.2, 0) is 4.74 Å². The summed E-state index contributed by atoms with van der Waals surface area (Å²) in [4.78, 5) is 34.5. The standard InChI is InChI=1S/C15H14N2O5S/c1-3-22-15(19)13-9(2)7-12(23-13)16-14(18)10-5-4-6-11(8-10)17(20)21/h4-8H,3H2,1-2H3,(H,16,18). The Morgan fingerprint density at radius 1 is 1.35 bits per heavy atom. The van der Waals surface area contributed by atoms with E-state index in [1.54, 1.807) is 19.9 Å². The second kappa shape index (κ2) is 7.01. The van der Waals surface area contributed by atoms with Crippen LogP contribution in [0.1, 0.15) is 32.5 Å². The number of benzene rings is 1. The third-order valence-corrected chi connectivity index (χ3v) is 4.07. The number of nitrogens with zero attached hydrogens (tertiary/aromatic N) is 1. The van der Waals surface area contributed by atoms with Gasteiger partial charge in [-0.15, -0.1) is 11.3 Å². The number of nitro benzene ring substituents is 1. The van der Waals surface area contributed by atoms with Gasteiger partial charge in [-0.05, 0) is 31.5 Å². The van der Waals surface area contributed by atoms with Crippen molar-refractivity contribution < 1.29 is 19.2 Å². The number of esters is 1. The number of hydrogen-bond acceptors (Lipinski definition) is 6. The number of carbonyl (C=O) groups excluding carboxylic acids is 2. The monoisotopic (exact) mass is 334 g/mol. The van der Waals surface area contributed by atoms with Gasteiger partial charge in [-0.3, -0.25) is 14.9 Å². The molecule has 0 bridgehead atoms. The minimum absolute atomic E-state index is 0.160. The molecular formula is C15H14N2O5S. The third-order valence-electron chi connectivity index (χ3n) is 2.93. The van der Waals surface area contributed by atoms with Gasteiger partial charge >= 0.3 is 5.97 Å². The number of anilines is 1. The van der Waals surface area contributed by atoms with E-state index in [0.717, 1.165) is 11.3 Å². The highest BCUT2D eigenvalue weighted by atomic mass is 32.1. The summed E-state index contributed by atoms with van der Waals surface area (Å²) in [7, 11) is 0. The molecule has 0 atom stereocenters. The minimum atomic E-state index is -0.565. The number of nitro groups is 1. The molecule has 0 spiro atoms. The van der Waals surface area contributed by atoms with Crippen LogP contribution < -0.4 is 5.32 Å². The lowest BCUT2D eigenvalue weighted by atomic mass is 10.2. The molecule has 7 nitrogen and oxygen atoms in total. The Morgan fingerprint density at radius 2 is 2.09 bits per heavy atom. The van der Waals surface area contributed by atoms with Gasteiger partial charge in [0.15, 0.2) is 0 Å². The van der Waals surface area contributed by atoms with Crippen molar-refractivity contribution in [3.63, 3.8) is 0 Å². The molecule has 0 aliphatic rings. The predicted octanol–water partition coefficient (Wildman–Crippen LogP) is 3.39. The first-order chi connectivity index (χ1) is 10.9. The van der Waals surface area contributed by atoms with Crippen LogP contribution in [-0.4, -0.2) is 23.4 Å². The van der Waals surface area contributed by atoms with E-state index < -0.39 is 16.8 Å². The number of amides is 1. The summed E-state index contributed by atoms with van der Waals surface area (Å²) >= 11 is 1.10. The number of thiophene rings is 1. The number of rotatable bonds is 5. The van der Waals surface area contributed by atoms with E-state index in [-0.39, 0.29) is 17.9 Å². The highest BCUT2D eigenvalue weighted by Gasteiger charge is 2.17. The zero-order valence-electron chi connectivity index (χ0n) is 12.5. The van der Waals surface area contributed by atoms with Crippen molar-refractivity contribution in [3.05, 3.63) is 56.5 Å². The van der Waals surface area contributed by atoms with Crippen LogP contribution in [0.2, 0.25) is 0 Å². The molecule has 23 heavy (non-hydrogen) atoms. The van der Waals surface area contributed by atoms with E-state index in [1.165, 1.54) is 24.3 Å². The summed E-state index contributed by atoms with van der Waals surface area (Å²) in [6, 6.07) is 7.09. The lowest BCUT2D eigenvalue weighted by molar-refractivity contribution is -0.384. The van der Waals surface area contributed by atoms with Gasteiger partial charge in [-0.25, -0.2) is 4.79 Å². The molecule has 0 unspecified atom stereocenters. The maximum atomic E-state index is 12.2. The van der Waals surface area contributed by atoms with Gasteiger partial charge < -0.3 is 10.1 Å². The van der Waals surface area contributed by atoms with Crippen LogP contribution in [0.5, 0.6) is 0 Å². The van der Waals surface area contributed by atoms with E-state index in [2.05, 4.69) is 5.32 Å². The Hall–Kier alpha value is -2.74. The van der Waals surface area contributed by atoms with Crippen LogP contribution in [0, 0.1) is 17.0 Å². The molecule has 1 aromatic heterocycles. The van der Waals surface area contributed by atoms with Crippen LogP contribution in [0.3, 0.4) is 0 Å². The predicted molar refractivity (Wildman–Crippen MR) is 86.1 cm³/mol. The maximum absolute atomic E-state index is 12.2. The van der Waals surface area contributed by atoms with Crippen molar-refractivity contribution in [2.24, 2.45) is 0 Å². The van der Waals surface area contributed by atoms with Gasteiger partial charge in [0, 0.05) is 17.7 Å². The molecule has 1 aromatic carbocycles. The number of carbonyl (C=O) groups is 2. The average molecular weight is 334 g/mol. The molecule has 8 heteroatoms. The Kier molecular flexibility index (Phi) is 5.07. The zero-order chi connectivity index (χ0) is 17.0. The lowest BCUT2D eigenvalue weighted by Gasteiger charge is -2.02. The van der Waals surface area contributed by atoms with Crippen molar-refractivity contribution in [1.29, 1.82) is 0 Å². The van der Waals surface area contributed by atoms with Gasteiger partial charge in [0.05, 0.1) is 16.5 Å². The summed E-state index contributed by atoms with van der Waals surface area (Å²) in [5.74, 6) is -0.920. The summed E-state index contributed by atoms with van der Waals surface area (Å²) in [5.41, 5.74) is 0.706. The normalized spacial score (nSPS) is 10.2. The second-order valence-corrected chi connectivity index (χ2v) is 5.66. The van der Waals surface area contributed by atoms with Crippen LogP contribution >= 0.6 is 11.3 Å². The van der Waals surface area contributed by atoms with Gasteiger partial charge in [0.2, 0.25) is 0 Å². The van der Waals surface area contributed by atoms with E-state index in [0.29, 0.717) is 15.4 Å². The molecule has 0 radical (unpaired) electrons. The summed E-state index contributed by atoms with van der Waals surface area (Å²) in [5, 5.41) is 13.8. The lowest BCUT2D eigenvalue weighted by Crippen LogP contribution is -2.11. The van der Waals surface area contributed by atoms with Crippen molar-refractivity contribution in [3.8, 4) is 0 Å². The van der Waals surface area contributed by atoms with Crippen LogP contribution in [0.15, 0.2) is 30.3 Å². The van der Waals surface area contributed by atoms with Gasteiger partial charge in [0.1, 0.15) is 4.88 Å². The zero-order valence-corrected chi connectivity index (χ0v) is 13.3. The summed E-state index contributed by atoms with van der Waals surface area (Å²) in [6.07, 6.45) is 0. The molecule has 1 amide bonds. The van der Waals surface area contributed by atoms with Crippen LogP contribution in [0.4, 0.5) is 10.7 Å². The van der Waals surface area contributed by atoms with E-state index in [4.69, 9.17) is 4.74 Å². The number of non-ortho nitro benzene ring substituents is 1. The Balaban J connectivity index is 2.18. The SMILES string of the molecule is CCOC(=O)c1sc(NC(=O)c2cccc([N+](=O)[O-])c2)cc1C. The first-order valence-electron chi connectivity index (χ1n) is 6.75. The first kappa shape index (κ1) is 16.6. The maximum Gasteiger partial charge on any atom is 0.348 e. The smallest absolute Gasteiger partial charge is 0.348 e. The molecule has 2 rings (SSSR count). The molecule has 0 aliphatic carbocycles. The van der Waals surface area contributed by atoms with E-state index >= 15 is 0 Å². The Morgan fingerprint density at radius 3 is 2.74 bits per heavy atom. The highest BCUT2D eigenvalue weighted by molar-refractivity contribution is 7.18. The minimum Gasteiger partial charge on any atom is -0.462 e. The topological polar surface area (TPSA) is 98.5 Å². The molecule has 1 heterocycles. The van der Waals surface area contributed by atoms with Crippen LogP contribution in [0.25, 0.3) is 0 Å². The summed E-state index contributed by atoms with van der Waals surface area (Å²) in [6.45, 7) is 3.73. The Labute approximate surface area is 136 Å². The fourth-order valence-electron chi connectivity index (χ4n) is 1.89. The fourth-order valence-corrected chi connectivity index (χ4v) is 2.85.